The molecule has 0 saturated heterocycles. The fourth-order valence-corrected chi connectivity index (χ4v) is 4.89. The number of hydrogen-bond acceptors (Lipinski definition) is 2. The van der Waals surface area contributed by atoms with Crippen LogP contribution in [0.3, 0.4) is 0 Å². The van der Waals surface area contributed by atoms with Crippen LogP contribution in [0.1, 0.15) is 138 Å². The SMILES string of the molecule is CCCCC(CC)CC(CC(CC)CCCC)=C(CC(CC)CCCC)C(=O)O[SiH3]. The van der Waals surface area contributed by atoms with Crippen molar-refractivity contribution >= 4 is 16.5 Å². The Kier molecular flexibility index (Phi) is 18.8. The third kappa shape index (κ3) is 12.3. The highest BCUT2D eigenvalue weighted by atomic mass is 28.2. The van der Waals surface area contributed by atoms with Gasteiger partial charge in [-0.05, 0) is 37.0 Å². The molecule has 178 valence electrons. The van der Waals surface area contributed by atoms with Crippen LogP contribution in [0.5, 0.6) is 0 Å². The summed E-state index contributed by atoms with van der Waals surface area (Å²) in [5.41, 5.74) is 2.52. The molecular weight excluding hydrogens is 384 g/mol. The summed E-state index contributed by atoms with van der Waals surface area (Å²) < 4.78 is 5.48. The molecule has 0 spiro atoms. The van der Waals surface area contributed by atoms with E-state index < -0.39 is 0 Å². The maximum Gasteiger partial charge on any atom is 0.319 e. The zero-order valence-corrected chi connectivity index (χ0v) is 23.7. The van der Waals surface area contributed by atoms with E-state index in [1.54, 1.807) is 0 Å². The summed E-state index contributed by atoms with van der Waals surface area (Å²) in [4.78, 5) is 13.0. The fraction of sp³-hybridized carbons (Fsp3) is 0.889. The Morgan fingerprint density at radius 1 is 0.667 bits per heavy atom. The highest BCUT2D eigenvalue weighted by molar-refractivity contribution is 6.09. The summed E-state index contributed by atoms with van der Waals surface area (Å²) in [5, 5.41) is 0. The van der Waals surface area contributed by atoms with Gasteiger partial charge in [-0.1, -0.05) is 124 Å². The second kappa shape index (κ2) is 19.1. The van der Waals surface area contributed by atoms with Gasteiger partial charge in [-0.25, -0.2) is 4.79 Å². The molecule has 0 aliphatic heterocycles. The van der Waals surface area contributed by atoms with Gasteiger partial charge in [-0.2, -0.15) is 0 Å². The zero-order chi connectivity index (χ0) is 22.8. The van der Waals surface area contributed by atoms with E-state index in [1.807, 2.05) is 0 Å². The molecule has 0 heterocycles. The minimum Gasteiger partial charge on any atom is -0.525 e. The molecule has 0 aromatic heterocycles. The first-order chi connectivity index (χ1) is 14.5. The van der Waals surface area contributed by atoms with Gasteiger partial charge in [0.1, 0.15) is 0 Å². The molecule has 30 heavy (non-hydrogen) atoms. The maximum absolute atomic E-state index is 13.0. The summed E-state index contributed by atoms with van der Waals surface area (Å²) in [7, 11) is 0.491. The molecule has 0 bridgehead atoms. The van der Waals surface area contributed by atoms with Crippen LogP contribution in [-0.2, 0) is 9.22 Å². The van der Waals surface area contributed by atoms with Crippen molar-refractivity contribution < 1.29 is 9.22 Å². The van der Waals surface area contributed by atoms with E-state index in [2.05, 4.69) is 41.5 Å². The van der Waals surface area contributed by atoms with E-state index in [0.717, 1.165) is 31.3 Å². The highest BCUT2D eigenvalue weighted by Crippen LogP contribution is 2.34. The Bertz CT molecular complexity index is 438. The molecule has 2 nitrogen and oxygen atoms in total. The molecule has 0 aromatic carbocycles. The van der Waals surface area contributed by atoms with Gasteiger partial charge in [0, 0.05) is 5.57 Å². The van der Waals surface area contributed by atoms with E-state index in [-0.39, 0.29) is 5.97 Å². The number of hydrogen-bond donors (Lipinski definition) is 0. The standard InChI is InChI=1S/C27H54O2Si/c1-7-13-16-22(10-4)19-25(20-23(11-5)17-14-8-2)26(27(28)29-30)21-24(12-6)18-15-9-3/h22-24H,7-21H2,1-6,30H3. The molecular formula is C27H54O2Si. The molecule has 0 amide bonds. The Morgan fingerprint density at radius 2 is 1.03 bits per heavy atom. The summed E-state index contributed by atoms with van der Waals surface area (Å²) >= 11 is 0. The molecule has 0 radical (unpaired) electrons. The number of allylic oxidation sites excluding steroid dienone is 1. The second-order valence-corrected chi connectivity index (χ2v) is 9.84. The lowest BCUT2D eigenvalue weighted by Crippen LogP contribution is -2.17. The third-order valence-corrected chi connectivity index (χ3v) is 7.42. The summed E-state index contributed by atoms with van der Waals surface area (Å²) in [5.74, 6) is 2.02. The van der Waals surface area contributed by atoms with Crippen molar-refractivity contribution in [2.45, 2.75) is 138 Å². The lowest BCUT2D eigenvalue weighted by molar-refractivity contribution is -0.130. The average Bonchev–Trinajstić information content (AvgIpc) is 2.78. The first-order valence-electron chi connectivity index (χ1n) is 13.3. The molecule has 0 rings (SSSR count). The summed E-state index contributed by atoms with van der Waals surface area (Å²) in [6, 6.07) is 0. The average molecular weight is 439 g/mol. The molecule has 0 aliphatic carbocycles. The maximum atomic E-state index is 13.0. The van der Waals surface area contributed by atoms with Crippen LogP contribution in [0, 0.1) is 17.8 Å². The first kappa shape index (κ1) is 29.4. The van der Waals surface area contributed by atoms with Gasteiger partial charge in [0.2, 0.25) is 10.5 Å². The van der Waals surface area contributed by atoms with Crippen LogP contribution in [0.2, 0.25) is 0 Å². The molecule has 3 unspecified atom stereocenters. The van der Waals surface area contributed by atoms with Gasteiger partial charge in [-0.15, -0.1) is 0 Å². The fourth-order valence-electron chi connectivity index (χ4n) is 4.64. The molecule has 0 saturated carbocycles. The lowest BCUT2D eigenvalue weighted by atomic mass is 9.80. The summed E-state index contributed by atoms with van der Waals surface area (Å²) in [6.07, 6.45) is 18.2. The smallest absolute Gasteiger partial charge is 0.319 e. The molecule has 3 atom stereocenters. The van der Waals surface area contributed by atoms with Crippen molar-refractivity contribution in [1.82, 2.24) is 0 Å². The quantitative estimate of drug-likeness (QED) is 0.151. The second-order valence-electron chi connectivity index (χ2n) is 9.44. The van der Waals surface area contributed by atoms with Crippen LogP contribution >= 0.6 is 0 Å². The Hall–Kier alpha value is -0.573. The molecule has 3 heteroatoms. The van der Waals surface area contributed by atoms with Crippen molar-refractivity contribution in [2.24, 2.45) is 17.8 Å². The highest BCUT2D eigenvalue weighted by Gasteiger charge is 2.23. The van der Waals surface area contributed by atoms with E-state index in [4.69, 9.17) is 4.43 Å². The van der Waals surface area contributed by atoms with E-state index >= 15 is 0 Å². The predicted molar refractivity (Wildman–Crippen MR) is 137 cm³/mol. The number of carbonyl (C=O) groups excluding carboxylic acids is 1. The normalized spacial score (nSPS) is 14.3. The zero-order valence-electron chi connectivity index (χ0n) is 21.7. The van der Waals surface area contributed by atoms with Gasteiger partial charge < -0.3 is 4.43 Å². The number of rotatable bonds is 19. The third-order valence-electron chi connectivity index (χ3n) is 7.05. The van der Waals surface area contributed by atoms with Gasteiger partial charge in [0.15, 0.2) is 0 Å². The van der Waals surface area contributed by atoms with E-state index in [9.17, 15) is 4.79 Å². The Morgan fingerprint density at radius 3 is 1.33 bits per heavy atom. The topological polar surface area (TPSA) is 26.3 Å². The van der Waals surface area contributed by atoms with Crippen LogP contribution in [0.4, 0.5) is 0 Å². The van der Waals surface area contributed by atoms with Gasteiger partial charge in [0.05, 0.1) is 0 Å². The van der Waals surface area contributed by atoms with Gasteiger partial charge in [-0.3, -0.25) is 0 Å². The van der Waals surface area contributed by atoms with E-state index in [1.165, 1.54) is 76.2 Å². The van der Waals surface area contributed by atoms with Gasteiger partial charge in [0.25, 0.3) is 0 Å². The van der Waals surface area contributed by atoms with Crippen LogP contribution in [0.15, 0.2) is 11.1 Å². The minimum absolute atomic E-state index is 0.00213. The van der Waals surface area contributed by atoms with Crippen LogP contribution < -0.4 is 0 Å². The lowest BCUT2D eigenvalue weighted by Gasteiger charge is -2.25. The van der Waals surface area contributed by atoms with Crippen LogP contribution in [0.25, 0.3) is 0 Å². The monoisotopic (exact) mass is 438 g/mol. The number of carbonyl (C=O) groups is 1. The van der Waals surface area contributed by atoms with Crippen molar-refractivity contribution in [3.05, 3.63) is 11.1 Å². The predicted octanol–water partition coefficient (Wildman–Crippen LogP) is 7.93. The Balaban J connectivity index is 5.89. The Labute approximate surface area is 192 Å². The molecule has 0 aromatic rings. The largest absolute Gasteiger partial charge is 0.525 e. The van der Waals surface area contributed by atoms with E-state index in [0.29, 0.717) is 28.2 Å². The molecule has 0 N–H and O–H groups in total. The van der Waals surface area contributed by atoms with Crippen molar-refractivity contribution in [1.29, 1.82) is 0 Å². The van der Waals surface area contributed by atoms with Gasteiger partial charge >= 0.3 is 5.97 Å². The van der Waals surface area contributed by atoms with Crippen molar-refractivity contribution in [3.63, 3.8) is 0 Å². The molecule has 0 fully saturated rings. The van der Waals surface area contributed by atoms with Crippen molar-refractivity contribution in [3.8, 4) is 0 Å². The minimum atomic E-state index is 0.00213. The number of unbranched alkanes of at least 4 members (excludes halogenated alkanes) is 3. The first-order valence-corrected chi connectivity index (χ1v) is 14.1. The summed E-state index contributed by atoms with van der Waals surface area (Å²) in [6.45, 7) is 13.8. The van der Waals surface area contributed by atoms with Crippen LogP contribution in [-0.4, -0.2) is 16.5 Å². The molecule has 0 aliphatic rings. The van der Waals surface area contributed by atoms with Crippen molar-refractivity contribution in [2.75, 3.05) is 0 Å².